The Balaban J connectivity index is 2.03. The van der Waals surface area contributed by atoms with Gasteiger partial charge in [0.05, 0.1) is 0 Å². The Bertz CT molecular complexity index is 226. The van der Waals surface area contributed by atoms with Gasteiger partial charge in [0.25, 0.3) is 0 Å². The third-order valence-corrected chi connectivity index (χ3v) is 6.08. The summed E-state index contributed by atoms with van der Waals surface area (Å²) in [6.07, 6.45) is 19.3. The predicted molar refractivity (Wildman–Crippen MR) is 87.6 cm³/mol. The van der Waals surface area contributed by atoms with Crippen LogP contribution in [-0.4, -0.2) is 12.1 Å². The van der Waals surface area contributed by atoms with Gasteiger partial charge in [-0.2, -0.15) is 0 Å². The van der Waals surface area contributed by atoms with Crippen molar-refractivity contribution in [1.82, 2.24) is 0 Å². The van der Waals surface area contributed by atoms with E-state index >= 15 is 0 Å². The second-order valence-electron chi connectivity index (χ2n) is 7.40. The number of hydrogen-bond donors (Lipinski definition) is 2. The lowest BCUT2D eigenvalue weighted by atomic mass is 9.66. The second kappa shape index (κ2) is 8.38. The van der Waals surface area contributed by atoms with E-state index in [1.165, 1.54) is 89.9 Å². The van der Waals surface area contributed by atoms with Crippen molar-refractivity contribution in [3.8, 4) is 0 Å². The largest absolute Gasteiger partial charge is 0.329 e. The van der Waals surface area contributed by atoms with Crippen molar-refractivity contribution in [2.45, 2.75) is 95.4 Å². The molecule has 20 heavy (non-hydrogen) atoms. The molecule has 0 aliphatic heterocycles. The molecule has 4 N–H and O–H groups in total. The molecule has 0 saturated heterocycles. The van der Waals surface area contributed by atoms with Gasteiger partial charge in [-0.15, -0.1) is 0 Å². The molecular weight excluding hydrogens is 244 g/mol. The maximum absolute atomic E-state index is 6.96. The van der Waals surface area contributed by atoms with Crippen LogP contribution in [0.3, 0.4) is 0 Å². The maximum Gasteiger partial charge on any atom is 0.0335 e. The molecule has 0 radical (unpaired) electrons. The van der Waals surface area contributed by atoms with Gasteiger partial charge < -0.3 is 11.5 Å². The first kappa shape index (κ1) is 16.3. The number of rotatable bonds is 3. The zero-order chi connectivity index (χ0) is 14.3. The van der Waals surface area contributed by atoms with Gasteiger partial charge in [-0.25, -0.2) is 0 Å². The molecule has 2 rings (SSSR count). The van der Waals surface area contributed by atoms with E-state index < -0.39 is 0 Å². The Morgan fingerprint density at radius 2 is 0.900 bits per heavy atom. The first-order valence-electron chi connectivity index (χ1n) is 9.26. The van der Waals surface area contributed by atoms with E-state index in [2.05, 4.69) is 0 Å². The SMILES string of the molecule is NCC(N)(C1CCCCCCC1)C1CCCCCCC1. The van der Waals surface area contributed by atoms with Crippen molar-refractivity contribution in [3.63, 3.8) is 0 Å². The van der Waals surface area contributed by atoms with Crippen LogP contribution in [0.4, 0.5) is 0 Å². The quantitative estimate of drug-likeness (QED) is 0.807. The van der Waals surface area contributed by atoms with Gasteiger partial charge in [0.1, 0.15) is 0 Å². The third kappa shape index (κ3) is 4.21. The first-order valence-corrected chi connectivity index (χ1v) is 9.26. The third-order valence-electron chi connectivity index (χ3n) is 6.08. The van der Waals surface area contributed by atoms with Crippen LogP contribution in [0.1, 0.15) is 89.9 Å². The Hall–Kier alpha value is -0.0800. The minimum atomic E-state index is -0.0747. The minimum absolute atomic E-state index is 0.0747. The van der Waals surface area contributed by atoms with Crippen LogP contribution in [-0.2, 0) is 0 Å². The summed E-state index contributed by atoms with van der Waals surface area (Å²) in [6.45, 7) is 0.697. The lowest BCUT2D eigenvalue weighted by Crippen LogP contribution is -2.58. The highest BCUT2D eigenvalue weighted by molar-refractivity contribution is 4.98. The standard InChI is InChI=1S/C18H36N2/c19-15-18(20,16-11-7-3-1-4-8-12-16)17-13-9-5-2-6-10-14-17/h16-17H,1-15,19-20H2. The molecule has 2 fully saturated rings. The van der Waals surface area contributed by atoms with Gasteiger partial charge in [-0.1, -0.05) is 64.2 Å². The van der Waals surface area contributed by atoms with Gasteiger partial charge in [0.2, 0.25) is 0 Å². The summed E-state index contributed by atoms with van der Waals surface area (Å²) in [5.74, 6) is 1.36. The Labute approximate surface area is 126 Å². The van der Waals surface area contributed by atoms with Crippen molar-refractivity contribution in [2.24, 2.45) is 23.3 Å². The first-order chi connectivity index (χ1) is 9.77. The second-order valence-corrected chi connectivity index (χ2v) is 7.40. The fourth-order valence-electron chi connectivity index (χ4n) is 4.65. The van der Waals surface area contributed by atoms with E-state index in [0.29, 0.717) is 18.4 Å². The van der Waals surface area contributed by atoms with E-state index in [4.69, 9.17) is 11.5 Å². The lowest BCUT2D eigenvalue weighted by Gasteiger charge is -2.44. The summed E-state index contributed by atoms with van der Waals surface area (Å²) in [5, 5.41) is 0. The van der Waals surface area contributed by atoms with Gasteiger partial charge in [-0.05, 0) is 37.5 Å². The van der Waals surface area contributed by atoms with Crippen LogP contribution in [0.2, 0.25) is 0 Å². The zero-order valence-electron chi connectivity index (χ0n) is 13.4. The Morgan fingerprint density at radius 3 is 1.20 bits per heavy atom. The summed E-state index contributed by atoms with van der Waals surface area (Å²) < 4.78 is 0. The van der Waals surface area contributed by atoms with E-state index in [-0.39, 0.29) is 5.54 Å². The highest BCUT2D eigenvalue weighted by Gasteiger charge is 2.40. The predicted octanol–water partition coefficient (Wildman–Crippen LogP) is 4.36. The topological polar surface area (TPSA) is 52.0 Å². The Morgan fingerprint density at radius 1 is 0.600 bits per heavy atom. The monoisotopic (exact) mass is 280 g/mol. The fourth-order valence-corrected chi connectivity index (χ4v) is 4.65. The molecule has 2 heteroatoms. The number of nitrogens with two attached hydrogens (primary N) is 2. The van der Waals surface area contributed by atoms with E-state index in [9.17, 15) is 0 Å². The Kier molecular flexibility index (Phi) is 6.83. The van der Waals surface area contributed by atoms with E-state index in [1.54, 1.807) is 0 Å². The van der Waals surface area contributed by atoms with Crippen molar-refractivity contribution in [1.29, 1.82) is 0 Å². The zero-order valence-corrected chi connectivity index (χ0v) is 13.4. The summed E-state index contributed by atoms with van der Waals surface area (Å²) >= 11 is 0. The molecule has 0 unspecified atom stereocenters. The molecule has 2 nitrogen and oxygen atoms in total. The minimum Gasteiger partial charge on any atom is -0.329 e. The summed E-state index contributed by atoms with van der Waals surface area (Å²) in [6, 6.07) is 0. The summed E-state index contributed by atoms with van der Waals surface area (Å²) in [4.78, 5) is 0. The van der Waals surface area contributed by atoms with Crippen molar-refractivity contribution in [3.05, 3.63) is 0 Å². The average molecular weight is 280 g/mol. The van der Waals surface area contributed by atoms with Crippen LogP contribution in [0.25, 0.3) is 0 Å². The maximum atomic E-state index is 6.96. The van der Waals surface area contributed by atoms with Crippen LogP contribution < -0.4 is 11.5 Å². The molecule has 0 aromatic heterocycles. The molecule has 118 valence electrons. The molecule has 0 atom stereocenters. The molecule has 2 aliphatic rings. The van der Waals surface area contributed by atoms with Crippen molar-refractivity contribution in [2.75, 3.05) is 6.54 Å². The van der Waals surface area contributed by atoms with Crippen LogP contribution in [0.5, 0.6) is 0 Å². The van der Waals surface area contributed by atoms with Gasteiger partial charge in [0.15, 0.2) is 0 Å². The average Bonchev–Trinajstić information content (AvgIpc) is 2.37. The summed E-state index contributed by atoms with van der Waals surface area (Å²) in [7, 11) is 0. The normalized spacial score (nSPS) is 25.5. The van der Waals surface area contributed by atoms with Crippen LogP contribution in [0.15, 0.2) is 0 Å². The highest BCUT2D eigenvalue weighted by atomic mass is 14.8. The van der Waals surface area contributed by atoms with Crippen LogP contribution >= 0.6 is 0 Å². The van der Waals surface area contributed by atoms with Gasteiger partial charge in [0, 0.05) is 12.1 Å². The molecule has 0 aromatic carbocycles. The van der Waals surface area contributed by atoms with Gasteiger partial charge in [-0.3, -0.25) is 0 Å². The molecule has 2 aliphatic carbocycles. The molecule has 0 amide bonds. The molecule has 0 spiro atoms. The molecule has 2 saturated carbocycles. The van der Waals surface area contributed by atoms with Crippen LogP contribution in [0, 0.1) is 11.8 Å². The smallest absolute Gasteiger partial charge is 0.0335 e. The molecule has 0 bridgehead atoms. The number of hydrogen-bond acceptors (Lipinski definition) is 2. The van der Waals surface area contributed by atoms with Crippen molar-refractivity contribution < 1.29 is 0 Å². The highest BCUT2D eigenvalue weighted by Crippen LogP contribution is 2.39. The van der Waals surface area contributed by atoms with Gasteiger partial charge >= 0.3 is 0 Å². The fraction of sp³-hybridized carbons (Fsp3) is 1.00. The van der Waals surface area contributed by atoms with E-state index in [1.807, 2.05) is 0 Å². The molecule has 0 heterocycles. The lowest BCUT2D eigenvalue weighted by molar-refractivity contribution is 0.127. The van der Waals surface area contributed by atoms with Crippen molar-refractivity contribution >= 4 is 0 Å². The van der Waals surface area contributed by atoms with E-state index in [0.717, 1.165) is 0 Å². The molecule has 0 aromatic rings. The summed E-state index contributed by atoms with van der Waals surface area (Å²) in [5.41, 5.74) is 13.1. The molecular formula is C18H36N2.